The van der Waals surface area contributed by atoms with Gasteiger partial charge in [-0.2, -0.15) is 0 Å². The Bertz CT molecular complexity index is 691. The number of amides is 2. The van der Waals surface area contributed by atoms with E-state index in [0.29, 0.717) is 0 Å². The summed E-state index contributed by atoms with van der Waals surface area (Å²) in [6, 6.07) is -1.29. The predicted molar refractivity (Wildman–Crippen MR) is 86.6 cm³/mol. The molecule has 2 saturated heterocycles. The number of carbonyl (C=O) groups is 4. The van der Waals surface area contributed by atoms with Gasteiger partial charge in [0.05, 0.1) is 32.2 Å². The van der Waals surface area contributed by atoms with E-state index in [1.807, 2.05) is 0 Å². The van der Waals surface area contributed by atoms with Gasteiger partial charge in [-0.15, -0.1) is 0 Å². The maximum absolute atomic E-state index is 12.8. The third-order valence-electron chi connectivity index (χ3n) is 5.59. The first-order valence-electron chi connectivity index (χ1n) is 8.31. The molecule has 5 atom stereocenters. The molecular weight excluding hydrogens is 344 g/mol. The van der Waals surface area contributed by atoms with Gasteiger partial charge in [-0.05, 0) is 13.3 Å². The topological polar surface area (TPSA) is 102 Å². The van der Waals surface area contributed by atoms with Gasteiger partial charge < -0.3 is 24.0 Å². The minimum absolute atomic E-state index is 0.0472. The van der Waals surface area contributed by atoms with Crippen LogP contribution < -0.4 is 0 Å². The summed E-state index contributed by atoms with van der Waals surface area (Å²) in [5.41, 5.74) is -1.35. The maximum Gasteiger partial charge on any atom is 0.331 e. The fourth-order valence-corrected chi connectivity index (χ4v) is 4.41. The van der Waals surface area contributed by atoms with Crippen LogP contribution in [0.1, 0.15) is 13.3 Å². The molecule has 2 amide bonds. The number of fused-ring (bicyclic) bond motifs is 3. The van der Waals surface area contributed by atoms with Crippen LogP contribution in [0.15, 0.2) is 12.2 Å². The Morgan fingerprint density at radius 2 is 1.85 bits per heavy atom. The van der Waals surface area contributed by atoms with Crippen molar-refractivity contribution in [3.8, 4) is 0 Å². The molecule has 3 aliphatic rings. The lowest BCUT2D eigenvalue weighted by Gasteiger charge is -2.52. The van der Waals surface area contributed by atoms with Gasteiger partial charge in [0.15, 0.2) is 6.10 Å². The van der Waals surface area contributed by atoms with Crippen LogP contribution in [-0.4, -0.2) is 85.2 Å². The monoisotopic (exact) mass is 366 g/mol. The predicted octanol–water partition coefficient (Wildman–Crippen LogP) is -0.896. The standard InChI is InChI=1S/C17H22N2O7/c1-17(16(23)26-4)8-9(15(22)25-3)11-12-13(24-2)14(21)18(12)7-5-6-10(20)19(11)17/h5-6,9,11-13H,7-8H2,1-4H3/b6-5-/t9-,11+,12-,13+,17-/m0/s1. The number of hydrogen-bond donors (Lipinski definition) is 0. The van der Waals surface area contributed by atoms with Crippen LogP contribution in [0.3, 0.4) is 0 Å². The zero-order chi connectivity index (χ0) is 19.2. The Kier molecular flexibility index (Phi) is 4.51. The maximum atomic E-state index is 12.8. The number of rotatable bonds is 3. The normalized spacial score (nSPS) is 37.1. The molecule has 2 fully saturated rings. The van der Waals surface area contributed by atoms with Crippen LogP contribution in [0.2, 0.25) is 0 Å². The molecule has 0 bridgehead atoms. The third kappa shape index (κ3) is 2.33. The average molecular weight is 366 g/mol. The lowest BCUT2D eigenvalue weighted by molar-refractivity contribution is -0.182. The first-order valence-corrected chi connectivity index (χ1v) is 8.31. The fraction of sp³-hybridized carbons (Fsp3) is 0.647. The van der Waals surface area contributed by atoms with Crippen LogP contribution in [0.5, 0.6) is 0 Å². The van der Waals surface area contributed by atoms with E-state index < -0.39 is 47.5 Å². The van der Waals surface area contributed by atoms with Crippen molar-refractivity contribution in [1.82, 2.24) is 9.80 Å². The molecule has 9 nitrogen and oxygen atoms in total. The second kappa shape index (κ2) is 6.39. The van der Waals surface area contributed by atoms with E-state index >= 15 is 0 Å². The van der Waals surface area contributed by atoms with Gasteiger partial charge in [-0.25, -0.2) is 4.79 Å². The molecule has 3 rings (SSSR count). The molecule has 0 aromatic carbocycles. The van der Waals surface area contributed by atoms with E-state index in [9.17, 15) is 19.2 Å². The SMILES string of the molecule is COC(=O)[C@H]1C[C@@](C)(C(=O)OC)N2C(=O)/C=C\CN3C(=O)[C@H](OC)[C@@H]3[C@@H]12. The van der Waals surface area contributed by atoms with Crippen LogP contribution >= 0.6 is 0 Å². The van der Waals surface area contributed by atoms with Crippen molar-refractivity contribution in [2.45, 2.75) is 37.1 Å². The van der Waals surface area contributed by atoms with Gasteiger partial charge >= 0.3 is 11.9 Å². The second-order valence-electron chi connectivity index (χ2n) is 6.84. The van der Waals surface area contributed by atoms with Gasteiger partial charge in [-0.1, -0.05) is 6.08 Å². The highest BCUT2D eigenvalue weighted by molar-refractivity contribution is 5.97. The summed E-state index contributed by atoms with van der Waals surface area (Å²) in [5.74, 6) is -2.57. The van der Waals surface area contributed by atoms with Crippen molar-refractivity contribution >= 4 is 23.8 Å². The molecule has 3 heterocycles. The van der Waals surface area contributed by atoms with Crippen LogP contribution in [0.25, 0.3) is 0 Å². The van der Waals surface area contributed by atoms with E-state index in [-0.39, 0.29) is 18.9 Å². The lowest BCUT2D eigenvalue weighted by Crippen LogP contribution is -2.74. The van der Waals surface area contributed by atoms with Crippen molar-refractivity contribution < 1.29 is 33.4 Å². The Morgan fingerprint density at radius 3 is 2.42 bits per heavy atom. The summed E-state index contributed by atoms with van der Waals surface area (Å²) in [4.78, 5) is 53.0. The zero-order valence-corrected chi connectivity index (χ0v) is 15.1. The largest absolute Gasteiger partial charge is 0.469 e. The Hall–Kier alpha value is -2.42. The average Bonchev–Trinajstić information content (AvgIpc) is 2.93. The minimum atomic E-state index is -1.35. The molecule has 26 heavy (non-hydrogen) atoms. The van der Waals surface area contributed by atoms with Crippen LogP contribution in [-0.2, 0) is 33.4 Å². The van der Waals surface area contributed by atoms with Crippen LogP contribution in [0, 0.1) is 5.92 Å². The molecule has 142 valence electrons. The number of nitrogens with zero attached hydrogens (tertiary/aromatic N) is 2. The van der Waals surface area contributed by atoms with Crippen molar-refractivity contribution in [2.24, 2.45) is 5.92 Å². The number of hydrogen-bond acceptors (Lipinski definition) is 7. The summed E-state index contributed by atoms with van der Waals surface area (Å²) in [6.07, 6.45) is 2.15. The van der Waals surface area contributed by atoms with E-state index in [2.05, 4.69) is 0 Å². The minimum Gasteiger partial charge on any atom is -0.469 e. The van der Waals surface area contributed by atoms with E-state index in [1.165, 1.54) is 32.3 Å². The fourth-order valence-electron chi connectivity index (χ4n) is 4.41. The summed E-state index contributed by atoms with van der Waals surface area (Å²) < 4.78 is 15.1. The lowest BCUT2D eigenvalue weighted by atomic mass is 9.82. The van der Waals surface area contributed by atoms with Gasteiger partial charge in [0.1, 0.15) is 5.54 Å². The van der Waals surface area contributed by atoms with E-state index in [0.717, 1.165) is 0 Å². The van der Waals surface area contributed by atoms with Gasteiger partial charge in [-0.3, -0.25) is 14.4 Å². The van der Waals surface area contributed by atoms with Crippen molar-refractivity contribution in [3.63, 3.8) is 0 Å². The number of β-lactam (4-membered cyclic amide) rings is 1. The zero-order valence-electron chi connectivity index (χ0n) is 15.1. The molecule has 3 aliphatic heterocycles. The molecule has 0 aromatic heterocycles. The molecule has 9 heteroatoms. The Balaban J connectivity index is 2.14. The van der Waals surface area contributed by atoms with Gasteiger partial charge in [0, 0.05) is 19.7 Å². The Morgan fingerprint density at radius 1 is 1.15 bits per heavy atom. The summed E-state index contributed by atoms with van der Waals surface area (Å²) in [7, 11) is 3.89. The molecule has 0 spiro atoms. The number of carbonyl (C=O) groups excluding carboxylic acids is 4. The highest BCUT2D eigenvalue weighted by atomic mass is 16.5. The highest BCUT2D eigenvalue weighted by Gasteiger charge is 2.66. The summed E-state index contributed by atoms with van der Waals surface area (Å²) in [6.45, 7) is 1.80. The third-order valence-corrected chi connectivity index (χ3v) is 5.59. The van der Waals surface area contributed by atoms with E-state index in [1.54, 1.807) is 17.9 Å². The number of esters is 2. The summed E-state index contributed by atoms with van der Waals surface area (Å²) >= 11 is 0. The second-order valence-corrected chi connectivity index (χ2v) is 6.84. The van der Waals surface area contributed by atoms with E-state index in [4.69, 9.17) is 14.2 Å². The van der Waals surface area contributed by atoms with Crippen molar-refractivity contribution in [2.75, 3.05) is 27.9 Å². The summed E-state index contributed by atoms with van der Waals surface area (Å²) in [5, 5.41) is 0. The molecule has 0 saturated carbocycles. The quantitative estimate of drug-likeness (QED) is 0.471. The number of ether oxygens (including phenoxy) is 3. The highest BCUT2D eigenvalue weighted by Crippen LogP contribution is 2.46. The van der Waals surface area contributed by atoms with Crippen molar-refractivity contribution in [1.29, 1.82) is 0 Å². The smallest absolute Gasteiger partial charge is 0.331 e. The van der Waals surface area contributed by atoms with Gasteiger partial charge in [0.2, 0.25) is 5.91 Å². The first-order chi connectivity index (χ1) is 12.3. The molecular formula is C17H22N2O7. The molecule has 0 aliphatic carbocycles. The first kappa shape index (κ1) is 18.4. The molecule has 0 radical (unpaired) electrons. The Labute approximate surface area is 150 Å². The molecule has 0 N–H and O–H groups in total. The molecule has 0 unspecified atom stereocenters. The molecule has 0 aromatic rings. The number of methoxy groups -OCH3 is 3. The van der Waals surface area contributed by atoms with Crippen molar-refractivity contribution in [3.05, 3.63) is 12.2 Å². The van der Waals surface area contributed by atoms with Gasteiger partial charge in [0.25, 0.3) is 5.91 Å². The van der Waals surface area contributed by atoms with Crippen LogP contribution in [0.4, 0.5) is 0 Å².